The second-order valence-corrected chi connectivity index (χ2v) is 7.45. The van der Waals surface area contributed by atoms with E-state index in [0.29, 0.717) is 18.1 Å². The van der Waals surface area contributed by atoms with Crippen LogP contribution < -0.4 is 5.32 Å². The molecule has 1 aromatic rings. The predicted octanol–water partition coefficient (Wildman–Crippen LogP) is 3.00. The summed E-state index contributed by atoms with van der Waals surface area (Å²) in [6.45, 7) is 9.73. The monoisotopic (exact) mass is 282 g/mol. The van der Waals surface area contributed by atoms with Crippen LogP contribution in [0.1, 0.15) is 44.8 Å². The fourth-order valence-electron chi connectivity index (χ4n) is 2.68. The first-order chi connectivity index (χ1) is 8.91. The van der Waals surface area contributed by atoms with Crippen LogP contribution >= 0.6 is 11.3 Å². The summed E-state index contributed by atoms with van der Waals surface area (Å²) in [4.78, 5) is 4.80. The summed E-state index contributed by atoms with van der Waals surface area (Å²) < 4.78 is 5.69. The van der Waals surface area contributed by atoms with Crippen molar-refractivity contribution in [3.8, 4) is 0 Å². The van der Waals surface area contributed by atoms with Gasteiger partial charge in [0.25, 0.3) is 0 Å². The highest BCUT2D eigenvalue weighted by atomic mass is 32.1. The molecule has 108 valence electrons. The quantitative estimate of drug-likeness (QED) is 0.922. The molecule has 3 atom stereocenters. The third-order valence-corrected chi connectivity index (χ3v) is 4.91. The molecule has 1 N–H and O–H groups in total. The van der Waals surface area contributed by atoms with Crippen LogP contribution in [0.15, 0.2) is 5.38 Å². The Morgan fingerprint density at radius 2 is 2.26 bits per heavy atom. The molecule has 0 saturated carbocycles. The molecular formula is C15H26N2OS. The Hall–Kier alpha value is -0.450. The Balaban J connectivity index is 2.04. The summed E-state index contributed by atoms with van der Waals surface area (Å²) in [7, 11) is 2.05. The van der Waals surface area contributed by atoms with Gasteiger partial charge in [-0.3, -0.25) is 0 Å². The average Bonchev–Trinajstić information content (AvgIpc) is 2.94. The zero-order valence-electron chi connectivity index (χ0n) is 12.7. The van der Waals surface area contributed by atoms with E-state index in [1.165, 1.54) is 10.7 Å². The van der Waals surface area contributed by atoms with Crippen LogP contribution in [-0.4, -0.2) is 30.8 Å². The first kappa shape index (κ1) is 14.9. The molecule has 0 bridgehead atoms. The Bertz CT molecular complexity index is 411. The molecular weight excluding hydrogens is 256 g/mol. The third kappa shape index (κ3) is 3.56. The van der Waals surface area contributed by atoms with Crippen molar-refractivity contribution < 1.29 is 4.74 Å². The average molecular weight is 282 g/mol. The molecule has 1 aliphatic heterocycles. The normalized spacial score (nSPS) is 25.7. The minimum Gasteiger partial charge on any atom is -0.378 e. The van der Waals surface area contributed by atoms with Gasteiger partial charge < -0.3 is 10.1 Å². The SMILES string of the molecule is CNC(Cc1nc(C(C)(C)C)cs1)C1CCOC1C. The second kappa shape index (κ2) is 5.90. The molecule has 2 heterocycles. The number of hydrogen-bond acceptors (Lipinski definition) is 4. The van der Waals surface area contributed by atoms with Crippen molar-refractivity contribution in [2.75, 3.05) is 13.7 Å². The Morgan fingerprint density at radius 3 is 2.74 bits per heavy atom. The lowest BCUT2D eigenvalue weighted by atomic mass is 9.91. The summed E-state index contributed by atoms with van der Waals surface area (Å²) in [6, 6.07) is 0.469. The number of rotatable bonds is 4. The molecule has 2 rings (SSSR count). The highest BCUT2D eigenvalue weighted by Crippen LogP contribution is 2.28. The third-order valence-electron chi connectivity index (χ3n) is 4.04. The number of nitrogens with one attached hydrogen (secondary N) is 1. The highest BCUT2D eigenvalue weighted by Gasteiger charge is 2.31. The number of aromatic nitrogens is 1. The molecule has 4 heteroatoms. The van der Waals surface area contributed by atoms with Crippen molar-refractivity contribution in [3.05, 3.63) is 16.1 Å². The lowest BCUT2D eigenvalue weighted by Crippen LogP contribution is -2.38. The van der Waals surface area contributed by atoms with Gasteiger partial charge in [-0.05, 0) is 20.4 Å². The summed E-state index contributed by atoms with van der Waals surface area (Å²) >= 11 is 1.79. The first-order valence-corrected chi connectivity index (χ1v) is 8.03. The Kier molecular flexibility index (Phi) is 4.64. The van der Waals surface area contributed by atoms with Gasteiger partial charge in [-0.1, -0.05) is 20.8 Å². The lowest BCUT2D eigenvalue weighted by Gasteiger charge is -2.24. The topological polar surface area (TPSA) is 34.2 Å². The number of nitrogens with zero attached hydrogens (tertiary/aromatic N) is 1. The molecule has 0 aliphatic carbocycles. The summed E-state index contributed by atoms with van der Waals surface area (Å²) in [5.41, 5.74) is 1.35. The molecule has 19 heavy (non-hydrogen) atoms. The smallest absolute Gasteiger partial charge is 0.0944 e. The second-order valence-electron chi connectivity index (χ2n) is 6.50. The molecule has 3 nitrogen and oxygen atoms in total. The van der Waals surface area contributed by atoms with Gasteiger partial charge in [-0.2, -0.15) is 0 Å². The van der Waals surface area contributed by atoms with Gasteiger partial charge in [0.2, 0.25) is 0 Å². The molecule has 0 spiro atoms. The van der Waals surface area contributed by atoms with Crippen LogP contribution in [-0.2, 0) is 16.6 Å². The van der Waals surface area contributed by atoms with E-state index in [9.17, 15) is 0 Å². The van der Waals surface area contributed by atoms with Crippen molar-refractivity contribution in [3.63, 3.8) is 0 Å². The summed E-state index contributed by atoms with van der Waals surface area (Å²) in [6.07, 6.45) is 2.53. The number of ether oxygens (including phenoxy) is 1. The maximum atomic E-state index is 5.69. The van der Waals surface area contributed by atoms with E-state index in [1.807, 2.05) is 7.05 Å². The van der Waals surface area contributed by atoms with Crippen LogP contribution in [0.25, 0.3) is 0 Å². The fourth-order valence-corrected chi connectivity index (χ4v) is 3.76. The number of likely N-dealkylation sites (N-methyl/N-ethyl adjacent to an activating group) is 1. The van der Waals surface area contributed by atoms with Crippen LogP contribution in [0, 0.1) is 5.92 Å². The first-order valence-electron chi connectivity index (χ1n) is 7.15. The summed E-state index contributed by atoms with van der Waals surface area (Å²) in [5, 5.41) is 6.90. The Morgan fingerprint density at radius 1 is 1.53 bits per heavy atom. The van der Waals surface area contributed by atoms with Crippen LogP contribution in [0.2, 0.25) is 0 Å². The standard InChI is InChI=1S/C15H26N2OS/c1-10-11(6-7-18-10)12(16-5)8-14-17-13(9-19-14)15(2,3)4/h9-12,16H,6-8H2,1-5H3. The minimum atomic E-state index is 0.146. The van der Waals surface area contributed by atoms with Gasteiger partial charge in [-0.25, -0.2) is 4.98 Å². The van der Waals surface area contributed by atoms with E-state index < -0.39 is 0 Å². The van der Waals surface area contributed by atoms with E-state index in [1.54, 1.807) is 11.3 Å². The fraction of sp³-hybridized carbons (Fsp3) is 0.800. The lowest BCUT2D eigenvalue weighted by molar-refractivity contribution is 0.0963. The van der Waals surface area contributed by atoms with Gasteiger partial charge in [0.05, 0.1) is 16.8 Å². The van der Waals surface area contributed by atoms with E-state index in [-0.39, 0.29) is 5.41 Å². The van der Waals surface area contributed by atoms with Crippen molar-refractivity contribution in [2.45, 2.75) is 58.1 Å². The molecule has 1 aromatic heterocycles. The summed E-state index contributed by atoms with van der Waals surface area (Å²) in [5.74, 6) is 0.604. The molecule has 0 amide bonds. The van der Waals surface area contributed by atoms with Gasteiger partial charge >= 0.3 is 0 Å². The maximum absolute atomic E-state index is 5.69. The molecule has 1 saturated heterocycles. The van der Waals surface area contributed by atoms with E-state index in [0.717, 1.165) is 19.4 Å². The van der Waals surface area contributed by atoms with Crippen molar-refractivity contribution in [2.24, 2.45) is 5.92 Å². The van der Waals surface area contributed by atoms with Crippen molar-refractivity contribution >= 4 is 11.3 Å². The molecule has 0 aromatic carbocycles. The van der Waals surface area contributed by atoms with E-state index >= 15 is 0 Å². The predicted molar refractivity (Wildman–Crippen MR) is 80.9 cm³/mol. The Labute approximate surface area is 120 Å². The molecule has 1 fully saturated rings. The minimum absolute atomic E-state index is 0.146. The van der Waals surface area contributed by atoms with Crippen LogP contribution in [0.4, 0.5) is 0 Å². The van der Waals surface area contributed by atoms with E-state index in [4.69, 9.17) is 9.72 Å². The molecule has 1 aliphatic rings. The number of thiazole rings is 1. The van der Waals surface area contributed by atoms with Gasteiger partial charge in [0.15, 0.2) is 0 Å². The van der Waals surface area contributed by atoms with E-state index in [2.05, 4.69) is 38.4 Å². The van der Waals surface area contributed by atoms with Crippen molar-refractivity contribution in [1.29, 1.82) is 0 Å². The van der Waals surface area contributed by atoms with Crippen LogP contribution in [0.5, 0.6) is 0 Å². The van der Waals surface area contributed by atoms with Gasteiger partial charge in [-0.15, -0.1) is 11.3 Å². The molecule has 0 radical (unpaired) electrons. The molecule has 3 unspecified atom stereocenters. The van der Waals surface area contributed by atoms with Crippen molar-refractivity contribution in [1.82, 2.24) is 10.3 Å². The zero-order valence-corrected chi connectivity index (χ0v) is 13.5. The number of hydrogen-bond donors (Lipinski definition) is 1. The van der Waals surface area contributed by atoms with Gasteiger partial charge in [0, 0.05) is 35.8 Å². The van der Waals surface area contributed by atoms with Crippen LogP contribution in [0.3, 0.4) is 0 Å². The van der Waals surface area contributed by atoms with Gasteiger partial charge in [0.1, 0.15) is 0 Å². The highest BCUT2D eigenvalue weighted by molar-refractivity contribution is 7.09. The largest absolute Gasteiger partial charge is 0.378 e. The maximum Gasteiger partial charge on any atom is 0.0944 e. The zero-order chi connectivity index (χ0) is 14.0.